The van der Waals surface area contributed by atoms with Crippen molar-refractivity contribution in [2.24, 2.45) is 5.92 Å². The summed E-state index contributed by atoms with van der Waals surface area (Å²) in [6.45, 7) is 6.36. The number of hydrogen-bond acceptors (Lipinski definition) is 4. The number of aliphatic hydroxyl groups excluding tert-OH is 1. The zero-order chi connectivity index (χ0) is 13.0. The molecule has 1 rings (SSSR count). The first-order valence-corrected chi connectivity index (χ1v) is 6.18. The largest absolute Gasteiger partial charge is 0.391 e. The van der Waals surface area contributed by atoms with Gasteiger partial charge in [-0.25, -0.2) is 9.97 Å². The molecule has 1 atom stereocenters. The summed E-state index contributed by atoms with van der Waals surface area (Å²) < 4.78 is 0. The van der Waals surface area contributed by atoms with Crippen LogP contribution in [0.15, 0.2) is 6.33 Å². The number of nitrogens with zero attached hydrogens (tertiary/aromatic N) is 3. The molecule has 5 heteroatoms. The Kier molecular flexibility index (Phi) is 5.15. The Morgan fingerprint density at radius 3 is 2.53 bits per heavy atom. The van der Waals surface area contributed by atoms with Gasteiger partial charge in [-0.2, -0.15) is 0 Å². The number of halogens is 1. The third-order valence-corrected chi connectivity index (χ3v) is 3.16. The zero-order valence-corrected chi connectivity index (χ0v) is 11.6. The van der Waals surface area contributed by atoms with Crippen molar-refractivity contribution < 1.29 is 5.11 Å². The smallest absolute Gasteiger partial charge is 0.140 e. The van der Waals surface area contributed by atoms with Gasteiger partial charge in [0, 0.05) is 13.1 Å². The SMILES string of the molecule is CC(C)CC(C)N(C)c1ncnc(Cl)c1CO. The van der Waals surface area contributed by atoms with Gasteiger partial charge in [-0.3, -0.25) is 0 Å². The van der Waals surface area contributed by atoms with Crippen molar-refractivity contribution in [1.29, 1.82) is 0 Å². The fourth-order valence-corrected chi connectivity index (χ4v) is 2.06. The van der Waals surface area contributed by atoms with Crippen LogP contribution in [0.3, 0.4) is 0 Å². The van der Waals surface area contributed by atoms with Crippen LogP contribution in [0.25, 0.3) is 0 Å². The summed E-state index contributed by atoms with van der Waals surface area (Å²) in [6, 6.07) is 0.339. The topological polar surface area (TPSA) is 49.2 Å². The average molecular weight is 258 g/mol. The molecule has 0 bridgehead atoms. The van der Waals surface area contributed by atoms with Crippen LogP contribution < -0.4 is 4.90 Å². The third kappa shape index (κ3) is 3.54. The molecule has 0 aliphatic carbocycles. The van der Waals surface area contributed by atoms with Crippen LogP contribution in [0.5, 0.6) is 0 Å². The van der Waals surface area contributed by atoms with Crippen LogP contribution in [-0.2, 0) is 6.61 Å². The fourth-order valence-electron chi connectivity index (χ4n) is 1.87. The summed E-state index contributed by atoms with van der Waals surface area (Å²) in [6.07, 6.45) is 2.48. The number of aliphatic hydroxyl groups is 1. The maximum atomic E-state index is 9.32. The lowest BCUT2D eigenvalue weighted by atomic mass is 10.0. The molecule has 1 unspecified atom stereocenters. The minimum atomic E-state index is -0.145. The molecular weight excluding hydrogens is 238 g/mol. The molecule has 0 fully saturated rings. The van der Waals surface area contributed by atoms with Crippen molar-refractivity contribution in [3.05, 3.63) is 17.0 Å². The number of rotatable bonds is 5. The predicted molar refractivity (Wildman–Crippen MR) is 70.3 cm³/mol. The Morgan fingerprint density at radius 1 is 1.35 bits per heavy atom. The third-order valence-electron chi connectivity index (χ3n) is 2.84. The van der Waals surface area contributed by atoms with E-state index in [0.717, 1.165) is 6.42 Å². The van der Waals surface area contributed by atoms with E-state index in [9.17, 15) is 5.11 Å². The quantitative estimate of drug-likeness (QED) is 0.824. The molecule has 0 aliphatic rings. The van der Waals surface area contributed by atoms with E-state index >= 15 is 0 Å². The minimum Gasteiger partial charge on any atom is -0.391 e. The Labute approximate surface area is 108 Å². The molecule has 0 radical (unpaired) electrons. The predicted octanol–water partition coefficient (Wildman–Crippen LogP) is 2.49. The van der Waals surface area contributed by atoms with Crippen molar-refractivity contribution in [3.8, 4) is 0 Å². The monoisotopic (exact) mass is 257 g/mol. The van der Waals surface area contributed by atoms with Gasteiger partial charge in [0.05, 0.1) is 12.2 Å². The van der Waals surface area contributed by atoms with Crippen molar-refractivity contribution in [2.45, 2.75) is 39.8 Å². The van der Waals surface area contributed by atoms with Gasteiger partial charge in [0.15, 0.2) is 0 Å². The molecule has 0 amide bonds. The Hall–Kier alpha value is -0.870. The maximum absolute atomic E-state index is 9.32. The van der Waals surface area contributed by atoms with Gasteiger partial charge in [-0.15, -0.1) is 0 Å². The van der Waals surface area contributed by atoms with Gasteiger partial charge < -0.3 is 10.0 Å². The number of hydrogen-bond donors (Lipinski definition) is 1. The second kappa shape index (κ2) is 6.17. The minimum absolute atomic E-state index is 0.145. The lowest BCUT2D eigenvalue weighted by Crippen LogP contribution is -2.31. The molecule has 0 saturated carbocycles. The van der Waals surface area contributed by atoms with Gasteiger partial charge in [-0.1, -0.05) is 25.4 Å². The summed E-state index contributed by atoms with van der Waals surface area (Å²) in [5.41, 5.74) is 0.590. The van der Waals surface area contributed by atoms with E-state index in [1.807, 2.05) is 11.9 Å². The van der Waals surface area contributed by atoms with Crippen molar-refractivity contribution >= 4 is 17.4 Å². The van der Waals surface area contributed by atoms with Crippen LogP contribution >= 0.6 is 11.6 Å². The molecular formula is C12H20ClN3O. The van der Waals surface area contributed by atoms with Crippen LogP contribution in [0, 0.1) is 5.92 Å². The molecule has 1 aromatic rings. The lowest BCUT2D eigenvalue weighted by molar-refractivity contribution is 0.281. The highest BCUT2D eigenvalue weighted by Crippen LogP contribution is 2.25. The maximum Gasteiger partial charge on any atom is 0.140 e. The highest BCUT2D eigenvalue weighted by molar-refractivity contribution is 6.30. The summed E-state index contributed by atoms with van der Waals surface area (Å²) in [4.78, 5) is 10.1. The fraction of sp³-hybridized carbons (Fsp3) is 0.667. The molecule has 0 aliphatic heterocycles. The van der Waals surface area contributed by atoms with Crippen LogP contribution in [0.4, 0.5) is 5.82 Å². The zero-order valence-electron chi connectivity index (χ0n) is 10.8. The normalized spacial score (nSPS) is 12.9. The molecule has 4 nitrogen and oxygen atoms in total. The first kappa shape index (κ1) is 14.2. The van der Waals surface area contributed by atoms with E-state index in [-0.39, 0.29) is 6.61 Å². The second-order valence-electron chi connectivity index (χ2n) is 4.71. The highest BCUT2D eigenvalue weighted by atomic mass is 35.5. The van der Waals surface area contributed by atoms with Crippen LogP contribution in [-0.4, -0.2) is 28.2 Å². The summed E-state index contributed by atoms with van der Waals surface area (Å²) in [7, 11) is 1.96. The molecule has 1 aromatic heterocycles. The first-order valence-electron chi connectivity index (χ1n) is 5.80. The van der Waals surface area contributed by atoms with Crippen molar-refractivity contribution in [1.82, 2.24) is 9.97 Å². The molecule has 1 N–H and O–H groups in total. The van der Waals surface area contributed by atoms with E-state index < -0.39 is 0 Å². The van der Waals surface area contributed by atoms with E-state index in [1.54, 1.807) is 0 Å². The molecule has 17 heavy (non-hydrogen) atoms. The number of aromatic nitrogens is 2. The van der Waals surface area contributed by atoms with Crippen molar-refractivity contribution in [3.63, 3.8) is 0 Å². The second-order valence-corrected chi connectivity index (χ2v) is 5.07. The van der Waals surface area contributed by atoms with Crippen LogP contribution in [0.1, 0.15) is 32.8 Å². The number of anilines is 1. The van der Waals surface area contributed by atoms with E-state index in [2.05, 4.69) is 30.7 Å². The Balaban J connectivity index is 2.95. The summed E-state index contributed by atoms with van der Waals surface area (Å²) in [5, 5.41) is 9.64. The molecule has 0 aromatic carbocycles. The molecule has 0 spiro atoms. The van der Waals surface area contributed by atoms with E-state index in [0.29, 0.717) is 28.5 Å². The standard InChI is InChI=1S/C12H20ClN3O/c1-8(2)5-9(3)16(4)12-10(6-17)11(13)14-7-15-12/h7-9,17H,5-6H2,1-4H3. The van der Waals surface area contributed by atoms with Gasteiger partial charge >= 0.3 is 0 Å². The van der Waals surface area contributed by atoms with E-state index in [1.165, 1.54) is 6.33 Å². The molecule has 0 saturated heterocycles. The van der Waals surface area contributed by atoms with Crippen molar-refractivity contribution in [2.75, 3.05) is 11.9 Å². The Morgan fingerprint density at radius 2 is 2.00 bits per heavy atom. The summed E-state index contributed by atoms with van der Waals surface area (Å²) >= 11 is 5.95. The highest BCUT2D eigenvalue weighted by Gasteiger charge is 2.18. The summed E-state index contributed by atoms with van der Waals surface area (Å²) in [5.74, 6) is 1.32. The van der Waals surface area contributed by atoms with Gasteiger partial charge in [-0.05, 0) is 19.3 Å². The van der Waals surface area contributed by atoms with E-state index in [4.69, 9.17) is 11.6 Å². The average Bonchev–Trinajstić information content (AvgIpc) is 2.26. The first-order chi connectivity index (χ1) is 7.97. The van der Waals surface area contributed by atoms with Gasteiger partial charge in [0.25, 0.3) is 0 Å². The van der Waals surface area contributed by atoms with Gasteiger partial charge in [0.2, 0.25) is 0 Å². The van der Waals surface area contributed by atoms with Gasteiger partial charge in [0.1, 0.15) is 17.3 Å². The Bertz CT molecular complexity index is 371. The molecule has 1 heterocycles. The lowest BCUT2D eigenvalue weighted by Gasteiger charge is -2.28. The van der Waals surface area contributed by atoms with Crippen LogP contribution in [0.2, 0.25) is 5.15 Å². The molecule has 96 valence electrons.